The van der Waals surface area contributed by atoms with Crippen LogP contribution >= 0.6 is 0 Å². The summed E-state index contributed by atoms with van der Waals surface area (Å²) in [6.07, 6.45) is 2.54. The van der Waals surface area contributed by atoms with Crippen molar-refractivity contribution >= 4 is 9.84 Å². The van der Waals surface area contributed by atoms with Crippen molar-refractivity contribution in [2.45, 2.75) is 26.2 Å². The minimum Gasteiger partial charge on any atom is -0.381 e. The monoisotopic (exact) mass is 235 g/mol. The fourth-order valence-corrected chi connectivity index (χ4v) is 2.79. The molecule has 1 atom stereocenters. The molecule has 0 aromatic rings. The predicted octanol–water partition coefficient (Wildman–Crippen LogP) is 0.567. The highest BCUT2D eigenvalue weighted by molar-refractivity contribution is 7.91. The van der Waals surface area contributed by atoms with Crippen molar-refractivity contribution < 1.29 is 13.2 Å². The highest BCUT2D eigenvalue weighted by Gasteiger charge is 2.33. The fourth-order valence-electron chi connectivity index (χ4n) is 1.92. The van der Waals surface area contributed by atoms with Gasteiger partial charge in [-0.15, -0.1) is 0 Å². The molecule has 1 heterocycles. The van der Waals surface area contributed by atoms with Crippen LogP contribution in [0.5, 0.6) is 0 Å². The summed E-state index contributed by atoms with van der Waals surface area (Å²) in [4.78, 5) is 0. The Kier molecular flexibility index (Phi) is 4.55. The van der Waals surface area contributed by atoms with E-state index in [2.05, 4.69) is 0 Å². The quantitative estimate of drug-likeness (QED) is 0.730. The van der Waals surface area contributed by atoms with Gasteiger partial charge in [-0.2, -0.15) is 0 Å². The van der Waals surface area contributed by atoms with Crippen LogP contribution in [0.15, 0.2) is 0 Å². The zero-order valence-corrected chi connectivity index (χ0v) is 10.2. The van der Waals surface area contributed by atoms with Gasteiger partial charge >= 0.3 is 0 Å². The molecule has 0 aromatic carbocycles. The van der Waals surface area contributed by atoms with E-state index in [9.17, 15) is 8.42 Å². The number of rotatable bonds is 6. The molecule has 0 radical (unpaired) electrons. The van der Waals surface area contributed by atoms with E-state index >= 15 is 0 Å². The minimum absolute atomic E-state index is 0.0449. The first-order valence-corrected chi connectivity index (χ1v) is 7.34. The number of hydrogen-bond acceptors (Lipinski definition) is 4. The zero-order valence-electron chi connectivity index (χ0n) is 9.37. The molecule has 1 fully saturated rings. The Bertz CT molecular complexity index is 281. The van der Waals surface area contributed by atoms with Gasteiger partial charge in [0.15, 0.2) is 0 Å². The standard InChI is InChI=1S/C10H21NO3S/c1-2-15(12,13)7-3-4-10(8-11)5-6-14-9-10/h2-9,11H2,1H3. The summed E-state index contributed by atoms with van der Waals surface area (Å²) < 4.78 is 27.9. The maximum absolute atomic E-state index is 11.3. The Morgan fingerprint density at radius 2 is 2.20 bits per heavy atom. The van der Waals surface area contributed by atoms with Crippen LogP contribution in [-0.4, -0.2) is 39.7 Å². The van der Waals surface area contributed by atoms with E-state index in [1.807, 2.05) is 0 Å². The maximum atomic E-state index is 11.3. The van der Waals surface area contributed by atoms with Gasteiger partial charge in [-0.25, -0.2) is 8.42 Å². The average molecular weight is 235 g/mol. The Balaban J connectivity index is 2.36. The van der Waals surface area contributed by atoms with Crippen molar-refractivity contribution in [1.29, 1.82) is 0 Å². The molecule has 15 heavy (non-hydrogen) atoms. The van der Waals surface area contributed by atoms with Gasteiger partial charge in [0.2, 0.25) is 0 Å². The van der Waals surface area contributed by atoms with Crippen LogP contribution in [0.25, 0.3) is 0 Å². The molecule has 1 unspecified atom stereocenters. The molecule has 0 aromatic heterocycles. The summed E-state index contributed by atoms with van der Waals surface area (Å²) >= 11 is 0. The largest absolute Gasteiger partial charge is 0.381 e. The van der Waals surface area contributed by atoms with Crippen molar-refractivity contribution in [3.8, 4) is 0 Å². The normalized spacial score (nSPS) is 27.1. The molecule has 4 nitrogen and oxygen atoms in total. The summed E-state index contributed by atoms with van der Waals surface area (Å²) in [5.74, 6) is 0.518. The first kappa shape index (κ1) is 12.9. The van der Waals surface area contributed by atoms with Crippen LogP contribution in [0.2, 0.25) is 0 Å². The lowest BCUT2D eigenvalue weighted by Crippen LogP contribution is -2.31. The molecule has 0 spiro atoms. The summed E-state index contributed by atoms with van der Waals surface area (Å²) in [6.45, 7) is 3.74. The van der Waals surface area contributed by atoms with Crippen LogP contribution in [-0.2, 0) is 14.6 Å². The lowest BCUT2D eigenvalue weighted by molar-refractivity contribution is 0.149. The molecule has 0 amide bonds. The van der Waals surface area contributed by atoms with Gasteiger partial charge in [0.1, 0.15) is 9.84 Å². The van der Waals surface area contributed by atoms with E-state index in [0.29, 0.717) is 19.6 Å². The molecule has 2 N–H and O–H groups in total. The fraction of sp³-hybridized carbons (Fsp3) is 1.00. The van der Waals surface area contributed by atoms with E-state index in [4.69, 9.17) is 10.5 Å². The lowest BCUT2D eigenvalue weighted by atomic mass is 9.83. The van der Waals surface area contributed by atoms with Gasteiger partial charge in [-0.3, -0.25) is 0 Å². The zero-order chi connectivity index (χ0) is 11.4. The highest BCUT2D eigenvalue weighted by atomic mass is 32.2. The molecule has 1 rings (SSSR count). The van der Waals surface area contributed by atoms with Crippen LogP contribution in [0.4, 0.5) is 0 Å². The van der Waals surface area contributed by atoms with Gasteiger partial charge in [0, 0.05) is 24.3 Å². The third kappa shape index (κ3) is 3.74. The molecular formula is C10H21NO3S. The topological polar surface area (TPSA) is 69.4 Å². The third-order valence-corrected chi connectivity index (χ3v) is 5.01. The summed E-state index contributed by atoms with van der Waals surface area (Å²) in [7, 11) is -2.83. The number of sulfone groups is 1. The Hall–Kier alpha value is -0.130. The van der Waals surface area contributed by atoms with E-state index in [0.717, 1.165) is 19.4 Å². The number of nitrogens with two attached hydrogens (primary N) is 1. The lowest BCUT2D eigenvalue weighted by Gasteiger charge is -2.24. The van der Waals surface area contributed by atoms with E-state index in [-0.39, 0.29) is 16.9 Å². The van der Waals surface area contributed by atoms with Gasteiger partial charge in [-0.1, -0.05) is 6.92 Å². The van der Waals surface area contributed by atoms with Gasteiger partial charge in [-0.05, 0) is 19.3 Å². The van der Waals surface area contributed by atoms with Crippen molar-refractivity contribution in [2.24, 2.45) is 11.1 Å². The second kappa shape index (κ2) is 5.27. The maximum Gasteiger partial charge on any atom is 0.150 e. The second-order valence-electron chi connectivity index (χ2n) is 4.35. The predicted molar refractivity (Wildman–Crippen MR) is 60.5 cm³/mol. The van der Waals surface area contributed by atoms with Gasteiger partial charge < -0.3 is 10.5 Å². The van der Waals surface area contributed by atoms with Crippen LogP contribution in [0, 0.1) is 5.41 Å². The summed E-state index contributed by atoms with van der Waals surface area (Å²) in [6, 6.07) is 0. The number of hydrogen-bond donors (Lipinski definition) is 1. The first-order chi connectivity index (χ1) is 7.04. The van der Waals surface area contributed by atoms with Crippen molar-refractivity contribution in [3.63, 3.8) is 0 Å². The molecule has 1 saturated heterocycles. The molecule has 1 aliphatic rings. The number of ether oxygens (including phenoxy) is 1. The first-order valence-electron chi connectivity index (χ1n) is 5.52. The van der Waals surface area contributed by atoms with Crippen molar-refractivity contribution in [1.82, 2.24) is 0 Å². The van der Waals surface area contributed by atoms with Crippen LogP contribution in [0.3, 0.4) is 0 Å². The molecule has 1 aliphatic heterocycles. The highest BCUT2D eigenvalue weighted by Crippen LogP contribution is 2.32. The van der Waals surface area contributed by atoms with E-state index in [1.165, 1.54) is 0 Å². The van der Waals surface area contributed by atoms with Crippen molar-refractivity contribution in [3.05, 3.63) is 0 Å². The Labute approximate surface area is 92.1 Å². The molecule has 0 aliphatic carbocycles. The molecule has 0 saturated carbocycles. The summed E-state index contributed by atoms with van der Waals surface area (Å²) in [5.41, 5.74) is 5.77. The van der Waals surface area contributed by atoms with Crippen molar-refractivity contribution in [2.75, 3.05) is 31.3 Å². The van der Waals surface area contributed by atoms with E-state index in [1.54, 1.807) is 6.92 Å². The average Bonchev–Trinajstić information content (AvgIpc) is 2.67. The van der Waals surface area contributed by atoms with Gasteiger partial charge in [0.25, 0.3) is 0 Å². The molecule has 0 bridgehead atoms. The Morgan fingerprint density at radius 3 is 2.67 bits per heavy atom. The SMILES string of the molecule is CCS(=O)(=O)CCCC1(CN)CCOC1. The van der Waals surface area contributed by atoms with Crippen LogP contribution < -0.4 is 5.73 Å². The van der Waals surface area contributed by atoms with E-state index < -0.39 is 9.84 Å². The van der Waals surface area contributed by atoms with Crippen LogP contribution in [0.1, 0.15) is 26.2 Å². The molecule has 90 valence electrons. The minimum atomic E-state index is -2.83. The second-order valence-corrected chi connectivity index (χ2v) is 6.82. The Morgan fingerprint density at radius 1 is 1.47 bits per heavy atom. The molecular weight excluding hydrogens is 214 g/mol. The summed E-state index contributed by atoms with van der Waals surface area (Å²) in [5, 5.41) is 0. The molecule has 5 heteroatoms. The van der Waals surface area contributed by atoms with Gasteiger partial charge in [0.05, 0.1) is 12.4 Å². The smallest absolute Gasteiger partial charge is 0.150 e. The third-order valence-electron chi connectivity index (χ3n) is 3.22.